The van der Waals surface area contributed by atoms with Crippen molar-refractivity contribution in [1.29, 1.82) is 0 Å². The number of hydrogen-bond donors (Lipinski definition) is 0. The first-order chi connectivity index (χ1) is 8.77. The number of rotatable bonds is 2. The lowest BCUT2D eigenvalue weighted by molar-refractivity contribution is 0.00578. The van der Waals surface area contributed by atoms with Crippen LogP contribution in [0.5, 0.6) is 0 Å². The van der Waals surface area contributed by atoms with Crippen molar-refractivity contribution in [2.45, 2.75) is 77.8 Å². The molecule has 1 aliphatic heterocycles. The van der Waals surface area contributed by atoms with Crippen LogP contribution in [0.1, 0.15) is 48.5 Å². The van der Waals surface area contributed by atoms with Crippen LogP contribution in [0, 0.1) is 12.3 Å². The Balaban J connectivity index is 0.000000367. The fourth-order valence-corrected chi connectivity index (χ4v) is 1.99. The van der Waals surface area contributed by atoms with Crippen molar-refractivity contribution in [3.63, 3.8) is 0 Å². The van der Waals surface area contributed by atoms with E-state index in [0.717, 1.165) is 0 Å². The first kappa shape index (κ1) is 19.7. The Hall–Kier alpha value is -0.278. The standard InChI is InChI=1S/C9H18OSi.C6H13BO2/c1-7-8-10-11(5,6)9(2,3)4;1-5(2)6(3,4)9-7-8-5/h1H,8H2,2-6H3;7H,1-4H3. The van der Waals surface area contributed by atoms with Crippen molar-refractivity contribution < 1.29 is 13.7 Å². The highest BCUT2D eigenvalue weighted by atomic mass is 28.4. The Bertz CT molecular complexity index is 337. The summed E-state index contributed by atoms with van der Waals surface area (Å²) in [6.07, 6.45) is 5.13. The molecule has 0 saturated carbocycles. The molecular weight excluding hydrogens is 267 g/mol. The van der Waals surface area contributed by atoms with E-state index >= 15 is 0 Å². The molecule has 0 amide bonds. The maximum atomic E-state index is 5.65. The van der Waals surface area contributed by atoms with Gasteiger partial charge >= 0.3 is 7.69 Å². The van der Waals surface area contributed by atoms with Gasteiger partial charge in [-0.15, -0.1) is 6.42 Å². The van der Waals surface area contributed by atoms with Gasteiger partial charge in [-0.3, -0.25) is 0 Å². The Labute approximate surface area is 127 Å². The first-order valence-electron chi connectivity index (χ1n) is 7.12. The molecule has 0 aromatic carbocycles. The molecule has 1 saturated heterocycles. The van der Waals surface area contributed by atoms with E-state index in [1.54, 1.807) is 0 Å². The highest BCUT2D eigenvalue weighted by Crippen LogP contribution is 2.36. The summed E-state index contributed by atoms with van der Waals surface area (Å²) in [4.78, 5) is 0. The lowest BCUT2D eigenvalue weighted by Gasteiger charge is -2.35. The van der Waals surface area contributed by atoms with E-state index in [9.17, 15) is 0 Å². The lowest BCUT2D eigenvalue weighted by atomic mass is 9.90. The molecular formula is C15H31BO3Si. The summed E-state index contributed by atoms with van der Waals surface area (Å²) < 4.78 is 16.3. The molecule has 0 unspecified atom stereocenters. The predicted molar refractivity (Wildman–Crippen MR) is 89.5 cm³/mol. The van der Waals surface area contributed by atoms with Crippen LogP contribution in [0.3, 0.4) is 0 Å². The fraction of sp³-hybridized carbons (Fsp3) is 0.867. The molecule has 0 spiro atoms. The molecule has 1 aliphatic rings. The molecule has 0 radical (unpaired) electrons. The van der Waals surface area contributed by atoms with Crippen LogP contribution < -0.4 is 0 Å². The zero-order chi connectivity index (χ0) is 16.2. The SMILES string of the molecule is C#CCO[Si](C)(C)C(C)(C)C.CC1(C)OBOC1(C)C. The predicted octanol–water partition coefficient (Wildman–Crippen LogP) is 3.50. The molecule has 0 aromatic rings. The van der Waals surface area contributed by atoms with E-state index in [0.29, 0.717) is 14.3 Å². The second kappa shape index (κ2) is 6.66. The Morgan fingerprint density at radius 2 is 1.50 bits per heavy atom. The van der Waals surface area contributed by atoms with Crippen LogP contribution in [0.15, 0.2) is 0 Å². The maximum Gasteiger partial charge on any atom is 0.439 e. The molecule has 20 heavy (non-hydrogen) atoms. The normalized spacial score (nSPS) is 20.4. The molecule has 0 N–H and O–H groups in total. The molecule has 3 nitrogen and oxygen atoms in total. The van der Waals surface area contributed by atoms with Gasteiger partial charge in [-0.2, -0.15) is 0 Å². The van der Waals surface area contributed by atoms with Crippen molar-refractivity contribution in [3.05, 3.63) is 0 Å². The summed E-state index contributed by atoms with van der Waals surface area (Å²) >= 11 is 0. The largest absolute Gasteiger partial charge is 0.439 e. The lowest BCUT2D eigenvalue weighted by Crippen LogP contribution is -2.41. The molecule has 0 aromatic heterocycles. The monoisotopic (exact) mass is 298 g/mol. The van der Waals surface area contributed by atoms with Gasteiger partial charge in [0.05, 0.1) is 17.8 Å². The Morgan fingerprint density at radius 3 is 1.70 bits per heavy atom. The second-order valence-corrected chi connectivity index (χ2v) is 12.5. The van der Waals surface area contributed by atoms with Crippen LogP contribution >= 0.6 is 0 Å². The van der Waals surface area contributed by atoms with Crippen molar-refractivity contribution in [3.8, 4) is 12.3 Å². The third-order valence-electron chi connectivity index (χ3n) is 4.61. The van der Waals surface area contributed by atoms with E-state index in [4.69, 9.17) is 20.2 Å². The fourth-order valence-electron chi connectivity index (χ4n) is 1.11. The van der Waals surface area contributed by atoms with E-state index in [1.165, 1.54) is 0 Å². The minimum absolute atomic E-state index is 0.132. The van der Waals surface area contributed by atoms with Crippen molar-refractivity contribution >= 4 is 16.0 Å². The molecule has 5 heteroatoms. The zero-order valence-corrected chi connectivity index (χ0v) is 15.7. The summed E-state index contributed by atoms with van der Waals surface area (Å²) in [6, 6.07) is 0. The smallest absolute Gasteiger partial charge is 0.406 e. The van der Waals surface area contributed by atoms with Crippen molar-refractivity contribution in [2.75, 3.05) is 6.61 Å². The highest BCUT2D eigenvalue weighted by Gasteiger charge is 2.44. The van der Waals surface area contributed by atoms with Gasteiger partial charge in [-0.25, -0.2) is 0 Å². The van der Waals surface area contributed by atoms with Crippen molar-refractivity contribution in [2.24, 2.45) is 0 Å². The quantitative estimate of drug-likeness (QED) is 0.577. The second-order valence-electron chi connectivity index (χ2n) is 7.68. The van der Waals surface area contributed by atoms with Crippen LogP contribution in [0.25, 0.3) is 0 Å². The minimum atomic E-state index is -1.57. The molecule has 0 bridgehead atoms. The van der Waals surface area contributed by atoms with Crippen LogP contribution in [-0.2, 0) is 13.7 Å². The summed E-state index contributed by atoms with van der Waals surface area (Å²) in [7, 11) is -1.14. The van der Waals surface area contributed by atoms with Crippen molar-refractivity contribution in [1.82, 2.24) is 0 Å². The average Bonchev–Trinajstić information content (AvgIpc) is 2.48. The molecule has 116 valence electrons. The van der Waals surface area contributed by atoms with E-state index < -0.39 is 8.32 Å². The van der Waals surface area contributed by atoms with E-state index in [-0.39, 0.29) is 16.2 Å². The van der Waals surface area contributed by atoms with E-state index in [1.807, 2.05) is 27.7 Å². The molecule has 0 aliphatic carbocycles. The van der Waals surface area contributed by atoms with Crippen LogP contribution in [0.4, 0.5) is 0 Å². The third kappa shape index (κ3) is 5.25. The van der Waals surface area contributed by atoms with Gasteiger partial charge in [0.15, 0.2) is 8.32 Å². The minimum Gasteiger partial charge on any atom is -0.406 e. The molecule has 0 atom stereocenters. The van der Waals surface area contributed by atoms with Crippen LogP contribution in [0.2, 0.25) is 18.1 Å². The van der Waals surface area contributed by atoms with Gasteiger partial charge in [-0.1, -0.05) is 26.7 Å². The zero-order valence-electron chi connectivity index (χ0n) is 14.7. The van der Waals surface area contributed by atoms with Gasteiger partial charge in [0.25, 0.3) is 0 Å². The third-order valence-corrected chi connectivity index (χ3v) is 9.09. The first-order valence-corrected chi connectivity index (χ1v) is 10.0. The van der Waals surface area contributed by atoms with Gasteiger partial charge in [0, 0.05) is 0 Å². The topological polar surface area (TPSA) is 27.7 Å². The van der Waals surface area contributed by atoms with Gasteiger partial charge in [0.2, 0.25) is 0 Å². The highest BCUT2D eigenvalue weighted by molar-refractivity contribution is 6.74. The molecule has 1 fully saturated rings. The Kier molecular flexibility index (Phi) is 6.56. The molecule has 1 heterocycles. The Morgan fingerprint density at radius 1 is 1.10 bits per heavy atom. The number of terminal acetylenes is 1. The number of hydrogen-bond acceptors (Lipinski definition) is 3. The van der Waals surface area contributed by atoms with Gasteiger partial charge in [0.1, 0.15) is 0 Å². The van der Waals surface area contributed by atoms with Gasteiger partial charge < -0.3 is 13.7 Å². The summed E-state index contributed by atoms with van der Waals surface area (Å²) in [5, 5.41) is 0.268. The van der Waals surface area contributed by atoms with Crippen LogP contribution in [-0.4, -0.2) is 33.8 Å². The maximum absolute atomic E-state index is 5.65. The van der Waals surface area contributed by atoms with E-state index in [2.05, 4.69) is 39.8 Å². The summed E-state index contributed by atoms with van der Waals surface area (Å²) in [5.74, 6) is 2.51. The summed E-state index contributed by atoms with van der Waals surface area (Å²) in [6.45, 7) is 19.6. The summed E-state index contributed by atoms with van der Waals surface area (Å²) in [5.41, 5.74) is -0.264. The average molecular weight is 298 g/mol. The van der Waals surface area contributed by atoms with Gasteiger partial charge in [-0.05, 0) is 45.8 Å². The molecule has 1 rings (SSSR count).